The summed E-state index contributed by atoms with van der Waals surface area (Å²) in [4.78, 5) is 34.3. The minimum absolute atomic E-state index is 0.00950. The summed E-state index contributed by atoms with van der Waals surface area (Å²) < 4.78 is 0. The third kappa shape index (κ3) is 4.30. The molecule has 1 aliphatic heterocycles. The van der Waals surface area contributed by atoms with Crippen LogP contribution in [0.4, 0.5) is 17.5 Å². The molecule has 0 spiro atoms. The van der Waals surface area contributed by atoms with Crippen molar-refractivity contribution < 1.29 is 9.59 Å². The van der Waals surface area contributed by atoms with Gasteiger partial charge in [-0.25, -0.2) is 4.98 Å². The molecule has 0 radical (unpaired) electrons. The van der Waals surface area contributed by atoms with Gasteiger partial charge in [-0.2, -0.15) is 4.98 Å². The number of aromatic nitrogens is 4. The average Bonchev–Trinajstić information content (AvgIpc) is 2.69. The summed E-state index contributed by atoms with van der Waals surface area (Å²) in [6.45, 7) is 1.52. The Kier molecular flexibility index (Phi) is 5.70. The Balaban J connectivity index is 1.51. The topological polar surface area (TPSA) is 165 Å². The maximum absolute atomic E-state index is 12.2. The lowest BCUT2D eigenvalue weighted by atomic mass is 9.91. The Bertz CT molecular complexity index is 930. The lowest BCUT2D eigenvalue weighted by Gasteiger charge is -2.30. The van der Waals surface area contributed by atoms with Gasteiger partial charge in [0.05, 0.1) is 11.9 Å². The van der Waals surface area contributed by atoms with Crippen LogP contribution in [-0.2, 0) is 0 Å². The molecule has 2 atom stereocenters. The molecule has 11 heteroatoms. The number of hydrogen-bond acceptors (Lipinski definition) is 9. The van der Waals surface area contributed by atoms with Crippen molar-refractivity contribution in [2.45, 2.75) is 44.2 Å². The van der Waals surface area contributed by atoms with Crippen LogP contribution in [0.25, 0.3) is 0 Å². The number of anilines is 3. The summed E-state index contributed by atoms with van der Waals surface area (Å²) in [5.74, 6) is -0.420. The molecule has 0 unspecified atom stereocenters. The van der Waals surface area contributed by atoms with E-state index >= 15 is 0 Å². The Hall–Kier alpha value is -3.34. The molecule has 11 nitrogen and oxygen atoms in total. The third-order valence-electron chi connectivity index (χ3n) is 5.44. The van der Waals surface area contributed by atoms with Crippen LogP contribution in [0.3, 0.4) is 0 Å². The molecule has 30 heavy (non-hydrogen) atoms. The predicted molar refractivity (Wildman–Crippen MR) is 110 cm³/mol. The number of nitrogens with zero attached hydrogens (tertiary/aromatic N) is 5. The fraction of sp³-hybridized carbons (Fsp3) is 0.474. The molecule has 0 bridgehead atoms. The highest BCUT2D eigenvalue weighted by Crippen LogP contribution is 2.22. The molecule has 2 aliphatic rings. The van der Waals surface area contributed by atoms with E-state index in [0.717, 1.165) is 45.2 Å². The number of rotatable bonds is 6. The third-order valence-corrected chi connectivity index (χ3v) is 5.44. The molecular formula is C19H25N9O2. The fourth-order valence-electron chi connectivity index (χ4n) is 3.56. The Morgan fingerprint density at radius 2 is 1.90 bits per heavy atom. The molecule has 2 fully saturated rings. The average molecular weight is 411 g/mol. The van der Waals surface area contributed by atoms with Crippen molar-refractivity contribution in [2.75, 3.05) is 23.7 Å². The van der Waals surface area contributed by atoms with E-state index in [4.69, 9.17) is 11.5 Å². The van der Waals surface area contributed by atoms with E-state index < -0.39 is 5.91 Å². The van der Waals surface area contributed by atoms with Crippen molar-refractivity contribution in [3.63, 3.8) is 0 Å². The Labute approximate surface area is 173 Å². The van der Waals surface area contributed by atoms with Gasteiger partial charge >= 0.3 is 0 Å². The second kappa shape index (κ2) is 8.57. The monoisotopic (exact) mass is 411 g/mol. The lowest BCUT2D eigenvalue weighted by Crippen LogP contribution is -2.43. The van der Waals surface area contributed by atoms with E-state index in [2.05, 4.69) is 30.8 Å². The van der Waals surface area contributed by atoms with E-state index in [1.165, 1.54) is 6.20 Å². The van der Waals surface area contributed by atoms with Crippen molar-refractivity contribution in [2.24, 2.45) is 11.5 Å². The van der Waals surface area contributed by atoms with Gasteiger partial charge in [0.2, 0.25) is 5.95 Å². The lowest BCUT2D eigenvalue weighted by molar-refractivity contribution is 0.0645. The first-order valence-electron chi connectivity index (χ1n) is 10.1. The van der Waals surface area contributed by atoms with Crippen LogP contribution in [0, 0.1) is 0 Å². The predicted octanol–water partition coefficient (Wildman–Crippen LogP) is 0.637. The summed E-state index contributed by atoms with van der Waals surface area (Å²) in [6.07, 6.45) is 6.56. The van der Waals surface area contributed by atoms with Crippen LogP contribution in [0.15, 0.2) is 18.3 Å². The molecule has 6 N–H and O–H groups in total. The van der Waals surface area contributed by atoms with Gasteiger partial charge in [0, 0.05) is 25.2 Å². The molecule has 2 aromatic heterocycles. The summed E-state index contributed by atoms with van der Waals surface area (Å²) in [5.41, 5.74) is 12.4. The van der Waals surface area contributed by atoms with Crippen molar-refractivity contribution in [3.8, 4) is 0 Å². The van der Waals surface area contributed by atoms with Crippen molar-refractivity contribution in [1.29, 1.82) is 0 Å². The van der Waals surface area contributed by atoms with Gasteiger partial charge in [0.25, 0.3) is 11.8 Å². The number of amides is 2. The van der Waals surface area contributed by atoms with Gasteiger partial charge in [-0.1, -0.05) is 12.8 Å². The molecule has 2 amide bonds. The number of pyridine rings is 1. The van der Waals surface area contributed by atoms with Crippen LogP contribution in [0.5, 0.6) is 0 Å². The van der Waals surface area contributed by atoms with E-state index in [1.54, 1.807) is 17.0 Å². The van der Waals surface area contributed by atoms with Gasteiger partial charge in [-0.3, -0.25) is 9.59 Å². The molecule has 4 rings (SSSR count). The number of carbonyl (C=O) groups excluding carboxylic acids is 2. The first kappa shape index (κ1) is 20.0. The maximum Gasteiger partial charge on any atom is 0.273 e. The van der Waals surface area contributed by atoms with E-state index in [1.807, 2.05) is 0 Å². The molecule has 3 heterocycles. The zero-order valence-electron chi connectivity index (χ0n) is 16.5. The van der Waals surface area contributed by atoms with Crippen LogP contribution in [0.2, 0.25) is 0 Å². The van der Waals surface area contributed by atoms with Crippen LogP contribution >= 0.6 is 0 Å². The molecule has 1 saturated heterocycles. The summed E-state index contributed by atoms with van der Waals surface area (Å²) in [6, 6.07) is 3.37. The van der Waals surface area contributed by atoms with Crippen molar-refractivity contribution in [3.05, 3.63) is 29.7 Å². The molecule has 1 aliphatic carbocycles. The highest BCUT2D eigenvalue weighted by molar-refractivity contribution is 5.96. The van der Waals surface area contributed by atoms with E-state index in [9.17, 15) is 9.59 Å². The quantitative estimate of drug-likeness (QED) is 0.533. The molecular weight excluding hydrogens is 386 g/mol. The second-order valence-electron chi connectivity index (χ2n) is 7.60. The first-order chi connectivity index (χ1) is 14.5. The molecule has 158 valence electrons. The number of likely N-dealkylation sites (tertiary alicyclic amines) is 1. The van der Waals surface area contributed by atoms with Crippen LogP contribution in [0.1, 0.15) is 53.1 Å². The van der Waals surface area contributed by atoms with Crippen LogP contribution in [-0.4, -0.2) is 62.1 Å². The molecule has 1 saturated carbocycles. The summed E-state index contributed by atoms with van der Waals surface area (Å²) in [7, 11) is 0. The first-order valence-corrected chi connectivity index (χ1v) is 10.1. The zero-order chi connectivity index (χ0) is 21.1. The van der Waals surface area contributed by atoms with Gasteiger partial charge in [0.15, 0.2) is 11.5 Å². The van der Waals surface area contributed by atoms with Gasteiger partial charge in [0.1, 0.15) is 5.69 Å². The highest BCUT2D eigenvalue weighted by Gasteiger charge is 2.24. The highest BCUT2D eigenvalue weighted by atomic mass is 16.2. The number of carbonyl (C=O) groups is 2. The van der Waals surface area contributed by atoms with Gasteiger partial charge < -0.3 is 27.0 Å². The largest absolute Gasteiger partial charge is 0.364 e. The Morgan fingerprint density at radius 3 is 2.53 bits per heavy atom. The second-order valence-corrected chi connectivity index (χ2v) is 7.60. The van der Waals surface area contributed by atoms with Crippen molar-refractivity contribution >= 4 is 29.3 Å². The van der Waals surface area contributed by atoms with Crippen molar-refractivity contribution in [1.82, 2.24) is 25.1 Å². The summed E-state index contributed by atoms with van der Waals surface area (Å²) >= 11 is 0. The Morgan fingerprint density at radius 1 is 1.10 bits per heavy atom. The summed E-state index contributed by atoms with van der Waals surface area (Å²) in [5, 5.41) is 14.1. The number of nitrogens with two attached hydrogens (primary N) is 2. The van der Waals surface area contributed by atoms with E-state index in [-0.39, 0.29) is 35.5 Å². The molecule has 2 aromatic rings. The zero-order valence-corrected chi connectivity index (χ0v) is 16.5. The van der Waals surface area contributed by atoms with Crippen LogP contribution < -0.4 is 22.1 Å². The fourth-order valence-corrected chi connectivity index (χ4v) is 3.56. The van der Waals surface area contributed by atoms with Gasteiger partial charge in [-0.05, 0) is 31.4 Å². The smallest absolute Gasteiger partial charge is 0.273 e. The SMILES string of the molecule is NC(=O)c1nnc(N[C@@H]2CCCC[C@@H]2N)nc1Nc1ccc(C(=O)N2CCC2)nc1. The maximum atomic E-state index is 12.2. The number of primary amides is 1. The molecule has 0 aromatic carbocycles. The minimum atomic E-state index is -0.754. The van der Waals surface area contributed by atoms with Gasteiger partial charge in [-0.15, -0.1) is 10.2 Å². The standard InChI is InChI=1S/C19H25N9O2/c20-12-4-1-2-5-13(12)24-19-25-17(15(16(21)29)26-27-19)23-11-6-7-14(22-10-11)18(30)28-8-3-9-28/h6-7,10,12-13H,1-5,8-9,20H2,(H2,21,29)(H2,23,24,25,27)/t12-,13+/m0/s1. The number of nitrogens with one attached hydrogen (secondary N) is 2. The number of hydrogen-bond donors (Lipinski definition) is 4. The van der Waals surface area contributed by atoms with E-state index in [0.29, 0.717) is 11.4 Å². The normalized spacial score (nSPS) is 20.9. The minimum Gasteiger partial charge on any atom is -0.364 e.